The monoisotopic (exact) mass is 359 g/mol. The van der Waals surface area contributed by atoms with Crippen molar-refractivity contribution < 1.29 is 27.4 Å². The zero-order chi connectivity index (χ0) is 17.1. The molecule has 7 nitrogen and oxygen atoms in total. The van der Waals surface area contributed by atoms with Gasteiger partial charge in [-0.1, -0.05) is 18.2 Å². The summed E-state index contributed by atoms with van der Waals surface area (Å²) in [5.41, 5.74) is 0. The van der Waals surface area contributed by atoms with Gasteiger partial charge in [0.1, 0.15) is 0 Å². The summed E-state index contributed by atoms with van der Waals surface area (Å²) >= 11 is 0. The van der Waals surface area contributed by atoms with E-state index in [1.165, 1.54) is 4.31 Å². The van der Waals surface area contributed by atoms with Crippen LogP contribution in [-0.4, -0.2) is 78.7 Å². The lowest BCUT2D eigenvalue weighted by atomic mass is 10.4. The highest BCUT2D eigenvalue weighted by Crippen LogP contribution is 2.14. The van der Waals surface area contributed by atoms with Gasteiger partial charge in [-0.05, 0) is 12.1 Å². The highest BCUT2D eigenvalue weighted by atomic mass is 32.2. The fraction of sp³-hybridized carbons (Fsp3) is 0.625. The van der Waals surface area contributed by atoms with E-state index in [4.69, 9.17) is 18.9 Å². The highest BCUT2D eigenvalue weighted by Gasteiger charge is 2.23. The molecule has 0 atom stereocenters. The number of nitrogens with zero attached hydrogens (tertiary/aromatic N) is 1. The van der Waals surface area contributed by atoms with E-state index in [0.29, 0.717) is 52.9 Å². The van der Waals surface area contributed by atoms with Crippen molar-refractivity contribution in [2.24, 2.45) is 0 Å². The first-order valence-corrected chi connectivity index (χ1v) is 9.51. The molecule has 1 aromatic carbocycles. The second-order valence-corrected chi connectivity index (χ2v) is 7.10. The number of rotatable bonds is 2. The van der Waals surface area contributed by atoms with Gasteiger partial charge in [0.25, 0.3) is 0 Å². The maximum atomic E-state index is 12.7. The van der Waals surface area contributed by atoms with Crippen LogP contribution in [0.4, 0.5) is 0 Å². The lowest BCUT2D eigenvalue weighted by Gasteiger charge is -2.22. The summed E-state index contributed by atoms with van der Waals surface area (Å²) in [6, 6.07) is 8.39. The third-order valence-corrected chi connectivity index (χ3v) is 5.38. The van der Waals surface area contributed by atoms with Crippen LogP contribution in [0.2, 0.25) is 0 Å². The second kappa shape index (κ2) is 10.8. The van der Waals surface area contributed by atoms with Crippen LogP contribution >= 0.6 is 0 Å². The molecule has 0 amide bonds. The summed E-state index contributed by atoms with van der Waals surface area (Å²) in [7, 11) is -3.56. The third kappa shape index (κ3) is 6.46. The molecule has 0 unspecified atom stereocenters. The Hall–Kier alpha value is -1.03. The number of ether oxygens (including phenoxy) is 4. The van der Waals surface area contributed by atoms with Crippen LogP contribution in [-0.2, 0) is 29.0 Å². The Morgan fingerprint density at radius 2 is 1.08 bits per heavy atom. The third-order valence-electron chi connectivity index (χ3n) is 3.47. The van der Waals surface area contributed by atoms with Gasteiger partial charge in [0.05, 0.1) is 57.8 Å². The molecule has 0 aromatic heterocycles. The summed E-state index contributed by atoms with van der Waals surface area (Å²) in [5, 5.41) is 0. The fourth-order valence-corrected chi connectivity index (χ4v) is 3.62. The van der Waals surface area contributed by atoms with Gasteiger partial charge >= 0.3 is 0 Å². The van der Waals surface area contributed by atoms with E-state index in [0.717, 1.165) is 0 Å². The maximum Gasteiger partial charge on any atom is 0.243 e. The van der Waals surface area contributed by atoms with E-state index in [1.807, 2.05) is 0 Å². The van der Waals surface area contributed by atoms with Crippen LogP contribution in [0.1, 0.15) is 0 Å². The molecule has 0 spiro atoms. The molecule has 1 saturated heterocycles. The number of sulfonamides is 1. The minimum Gasteiger partial charge on any atom is -0.378 e. The zero-order valence-electron chi connectivity index (χ0n) is 13.8. The zero-order valence-corrected chi connectivity index (χ0v) is 14.6. The van der Waals surface area contributed by atoms with Crippen LogP contribution in [0.25, 0.3) is 0 Å². The van der Waals surface area contributed by atoms with Gasteiger partial charge in [-0.15, -0.1) is 0 Å². The van der Waals surface area contributed by atoms with Crippen molar-refractivity contribution in [3.63, 3.8) is 0 Å². The van der Waals surface area contributed by atoms with Crippen molar-refractivity contribution in [2.45, 2.75) is 4.90 Å². The molecule has 0 aliphatic carbocycles. The van der Waals surface area contributed by atoms with E-state index in [1.54, 1.807) is 30.3 Å². The van der Waals surface area contributed by atoms with E-state index >= 15 is 0 Å². The molecule has 1 heterocycles. The van der Waals surface area contributed by atoms with Gasteiger partial charge in [-0.3, -0.25) is 0 Å². The smallest absolute Gasteiger partial charge is 0.243 e. The van der Waals surface area contributed by atoms with Gasteiger partial charge < -0.3 is 18.9 Å². The van der Waals surface area contributed by atoms with Gasteiger partial charge in [-0.2, -0.15) is 4.31 Å². The van der Waals surface area contributed by atoms with Crippen molar-refractivity contribution in [2.75, 3.05) is 65.9 Å². The number of hydrogen-bond acceptors (Lipinski definition) is 6. The minimum absolute atomic E-state index is 0.273. The Kier molecular flexibility index (Phi) is 8.65. The van der Waals surface area contributed by atoms with Crippen LogP contribution < -0.4 is 0 Å². The maximum absolute atomic E-state index is 12.7. The Balaban J connectivity index is 1.98. The molecular formula is C16H25NO6S. The molecule has 24 heavy (non-hydrogen) atoms. The number of hydrogen-bond donors (Lipinski definition) is 0. The first kappa shape index (κ1) is 19.3. The van der Waals surface area contributed by atoms with Crippen LogP contribution in [0, 0.1) is 0 Å². The molecule has 2 rings (SSSR count). The molecule has 0 bridgehead atoms. The second-order valence-electron chi connectivity index (χ2n) is 5.17. The van der Waals surface area contributed by atoms with Gasteiger partial charge in [0, 0.05) is 13.1 Å². The predicted octanol–water partition coefficient (Wildman–Crippen LogP) is 0.757. The largest absolute Gasteiger partial charge is 0.378 e. The van der Waals surface area contributed by atoms with Crippen LogP contribution in [0.15, 0.2) is 35.2 Å². The lowest BCUT2D eigenvalue weighted by Crippen LogP contribution is -2.37. The average Bonchev–Trinajstić information content (AvgIpc) is 2.61. The summed E-state index contributed by atoms with van der Waals surface area (Å²) in [6.07, 6.45) is 0. The molecule has 0 N–H and O–H groups in total. The van der Waals surface area contributed by atoms with Crippen LogP contribution in [0.3, 0.4) is 0 Å². The standard InChI is InChI=1S/C16H25NO6S/c18-24(19,16-4-2-1-3-5-16)17-6-8-20-10-12-22-14-15-23-13-11-21-9-7-17/h1-5H,6-15H2. The Morgan fingerprint density at radius 3 is 1.54 bits per heavy atom. The van der Waals surface area contributed by atoms with E-state index in [2.05, 4.69) is 0 Å². The van der Waals surface area contributed by atoms with Gasteiger partial charge in [0.15, 0.2) is 0 Å². The number of benzene rings is 1. The fourth-order valence-electron chi connectivity index (χ4n) is 2.19. The van der Waals surface area contributed by atoms with E-state index in [-0.39, 0.29) is 18.0 Å². The Morgan fingerprint density at radius 1 is 0.667 bits per heavy atom. The van der Waals surface area contributed by atoms with Crippen molar-refractivity contribution in [1.29, 1.82) is 0 Å². The first-order chi connectivity index (χ1) is 11.7. The average molecular weight is 359 g/mol. The normalized spacial score (nSPS) is 20.8. The summed E-state index contributed by atoms with van der Waals surface area (Å²) in [5.74, 6) is 0. The topological polar surface area (TPSA) is 74.3 Å². The summed E-state index contributed by atoms with van der Waals surface area (Å²) < 4.78 is 48.5. The lowest BCUT2D eigenvalue weighted by molar-refractivity contribution is 0.00206. The van der Waals surface area contributed by atoms with E-state index in [9.17, 15) is 8.42 Å². The van der Waals surface area contributed by atoms with Crippen molar-refractivity contribution >= 4 is 10.0 Å². The molecule has 0 radical (unpaired) electrons. The van der Waals surface area contributed by atoms with Crippen molar-refractivity contribution in [1.82, 2.24) is 4.31 Å². The van der Waals surface area contributed by atoms with Gasteiger partial charge in [0.2, 0.25) is 10.0 Å². The molecule has 1 aliphatic rings. The molecule has 136 valence electrons. The summed E-state index contributed by atoms with van der Waals surface area (Å²) in [4.78, 5) is 0.273. The Labute approximate surface area is 143 Å². The van der Waals surface area contributed by atoms with Crippen molar-refractivity contribution in [3.8, 4) is 0 Å². The van der Waals surface area contributed by atoms with E-state index < -0.39 is 10.0 Å². The quantitative estimate of drug-likeness (QED) is 0.776. The predicted molar refractivity (Wildman–Crippen MR) is 88.5 cm³/mol. The Bertz CT molecular complexity index is 535. The molecule has 1 aromatic rings. The molecular weight excluding hydrogens is 334 g/mol. The van der Waals surface area contributed by atoms with Crippen LogP contribution in [0.5, 0.6) is 0 Å². The highest BCUT2D eigenvalue weighted by molar-refractivity contribution is 7.89. The molecule has 0 saturated carbocycles. The molecule has 8 heteroatoms. The van der Waals surface area contributed by atoms with Crippen molar-refractivity contribution in [3.05, 3.63) is 30.3 Å². The molecule has 1 aliphatic heterocycles. The summed E-state index contributed by atoms with van der Waals surface area (Å²) in [6.45, 7) is 3.98. The SMILES string of the molecule is O=S(=O)(c1ccccc1)N1CCOCCOCCOCCOCC1. The van der Waals surface area contributed by atoms with Gasteiger partial charge in [-0.25, -0.2) is 8.42 Å². The first-order valence-electron chi connectivity index (χ1n) is 8.07. The molecule has 1 fully saturated rings. The minimum atomic E-state index is -3.56.